The molecular formula is C9H10O12. The highest BCUT2D eigenvalue weighted by molar-refractivity contribution is 5.62. The minimum atomic E-state index is -2.55. The van der Waals surface area contributed by atoms with Crippen LogP contribution in [-0.2, 0) is 18.9 Å². The molecule has 0 aromatic heterocycles. The second-order valence-electron chi connectivity index (χ2n) is 3.87. The van der Waals surface area contributed by atoms with Gasteiger partial charge in [-0.15, -0.1) is 0 Å². The third kappa shape index (κ3) is 4.29. The first-order chi connectivity index (χ1) is 9.64. The summed E-state index contributed by atoms with van der Waals surface area (Å²) in [5, 5.41) is 34.3. The van der Waals surface area contributed by atoms with Crippen molar-refractivity contribution in [3.05, 3.63) is 0 Å². The fourth-order valence-electron chi connectivity index (χ4n) is 1.97. The van der Waals surface area contributed by atoms with E-state index < -0.39 is 55.5 Å². The molecule has 0 heterocycles. The Bertz CT molecular complexity index is 440. The van der Waals surface area contributed by atoms with Crippen LogP contribution in [0.4, 0.5) is 19.2 Å². The van der Waals surface area contributed by atoms with Crippen molar-refractivity contribution in [2.45, 2.75) is 30.8 Å². The number of carbonyl (C=O) groups is 4. The Balaban J connectivity index is 3.05. The van der Waals surface area contributed by atoms with Crippen LogP contribution in [0.25, 0.3) is 0 Å². The molecule has 118 valence electrons. The summed E-state index contributed by atoms with van der Waals surface area (Å²) in [5.74, 6) is -2.55. The van der Waals surface area contributed by atoms with Gasteiger partial charge in [0.15, 0.2) is 6.10 Å². The second-order valence-corrected chi connectivity index (χ2v) is 3.87. The number of hydrogen-bond acceptors (Lipinski definition) is 8. The van der Waals surface area contributed by atoms with E-state index in [-0.39, 0.29) is 0 Å². The van der Waals surface area contributed by atoms with Gasteiger partial charge in [0, 0.05) is 6.42 Å². The first-order valence-electron chi connectivity index (χ1n) is 5.27. The molecule has 0 aromatic rings. The van der Waals surface area contributed by atoms with Crippen LogP contribution >= 0.6 is 0 Å². The fourth-order valence-corrected chi connectivity index (χ4v) is 1.97. The van der Waals surface area contributed by atoms with E-state index >= 15 is 0 Å². The van der Waals surface area contributed by atoms with E-state index in [1.165, 1.54) is 0 Å². The van der Waals surface area contributed by atoms with E-state index in [4.69, 9.17) is 20.4 Å². The molecule has 1 aliphatic carbocycles. The van der Waals surface area contributed by atoms with Crippen LogP contribution < -0.4 is 0 Å². The van der Waals surface area contributed by atoms with Crippen LogP contribution in [0, 0.1) is 0 Å². The summed E-state index contributed by atoms with van der Waals surface area (Å²) >= 11 is 0. The Kier molecular flexibility index (Phi) is 4.63. The minimum Gasteiger partial charge on any atom is -0.450 e. The average molecular weight is 310 g/mol. The van der Waals surface area contributed by atoms with Crippen molar-refractivity contribution >= 4 is 24.6 Å². The third-order valence-electron chi connectivity index (χ3n) is 2.51. The lowest BCUT2D eigenvalue weighted by atomic mass is 10.2. The van der Waals surface area contributed by atoms with E-state index in [0.717, 1.165) is 0 Å². The van der Waals surface area contributed by atoms with Gasteiger partial charge in [0.05, 0.1) is 6.42 Å². The summed E-state index contributed by atoms with van der Waals surface area (Å²) in [6.45, 7) is 0. The molecule has 0 aliphatic heterocycles. The van der Waals surface area contributed by atoms with Crippen molar-refractivity contribution in [3.8, 4) is 0 Å². The second kappa shape index (κ2) is 6.02. The van der Waals surface area contributed by atoms with E-state index in [1.807, 2.05) is 0 Å². The highest BCUT2D eigenvalue weighted by atomic mass is 16.8. The highest BCUT2D eigenvalue weighted by Gasteiger charge is 2.58. The molecule has 21 heavy (non-hydrogen) atoms. The first-order valence-corrected chi connectivity index (χ1v) is 5.27. The number of carboxylic acid groups (broad SMARTS) is 4. The molecule has 0 amide bonds. The van der Waals surface area contributed by atoms with E-state index in [1.54, 1.807) is 0 Å². The average Bonchev–Trinajstić information content (AvgIpc) is 2.51. The lowest BCUT2D eigenvalue weighted by Crippen LogP contribution is -2.48. The van der Waals surface area contributed by atoms with Gasteiger partial charge in [-0.1, -0.05) is 0 Å². The normalized spacial score (nSPS) is 22.9. The molecule has 2 atom stereocenters. The van der Waals surface area contributed by atoms with Gasteiger partial charge >= 0.3 is 30.4 Å². The zero-order valence-electron chi connectivity index (χ0n) is 10.1. The number of rotatable bonds is 4. The Hall–Kier alpha value is -2.92. The van der Waals surface area contributed by atoms with Gasteiger partial charge < -0.3 is 39.4 Å². The Morgan fingerprint density at radius 2 is 1.29 bits per heavy atom. The van der Waals surface area contributed by atoms with E-state index in [0.29, 0.717) is 0 Å². The van der Waals surface area contributed by atoms with Gasteiger partial charge in [0.1, 0.15) is 6.10 Å². The van der Waals surface area contributed by atoms with Crippen molar-refractivity contribution in [2.75, 3.05) is 0 Å². The van der Waals surface area contributed by atoms with Gasteiger partial charge in [-0.05, 0) is 0 Å². The monoisotopic (exact) mass is 310 g/mol. The molecule has 0 saturated heterocycles. The number of hydrogen-bond donors (Lipinski definition) is 4. The maximum absolute atomic E-state index is 10.6. The predicted molar refractivity (Wildman–Crippen MR) is 56.0 cm³/mol. The summed E-state index contributed by atoms with van der Waals surface area (Å²) in [4.78, 5) is 42.3. The third-order valence-corrected chi connectivity index (χ3v) is 2.51. The molecule has 1 fully saturated rings. The maximum Gasteiger partial charge on any atom is 0.509 e. The van der Waals surface area contributed by atoms with Crippen LogP contribution in [0.2, 0.25) is 0 Å². The Morgan fingerprint density at radius 1 is 0.810 bits per heavy atom. The molecule has 1 aliphatic rings. The maximum atomic E-state index is 10.6. The van der Waals surface area contributed by atoms with Crippen LogP contribution in [0.5, 0.6) is 0 Å². The molecule has 0 spiro atoms. The van der Waals surface area contributed by atoms with Gasteiger partial charge in [0.2, 0.25) is 0 Å². The molecule has 1 saturated carbocycles. The van der Waals surface area contributed by atoms with E-state index in [2.05, 4.69) is 18.9 Å². The largest absolute Gasteiger partial charge is 0.509 e. The molecule has 12 heteroatoms. The first kappa shape index (κ1) is 16.1. The predicted octanol–water partition coefficient (Wildman–Crippen LogP) is 0.992. The summed E-state index contributed by atoms with van der Waals surface area (Å²) in [6.07, 6.45) is -11.7. The smallest absolute Gasteiger partial charge is 0.450 e. The van der Waals surface area contributed by atoms with Gasteiger partial charge in [-0.25, -0.2) is 19.2 Å². The molecule has 1 rings (SSSR count). The molecule has 2 unspecified atom stereocenters. The van der Waals surface area contributed by atoms with Crippen LogP contribution in [-0.4, -0.2) is 63.0 Å². The Labute approximate surface area is 115 Å². The van der Waals surface area contributed by atoms with Crippen LogP contribution in [0.15, 0.2) is 0 Å². The molecule has 4 N–H and O–H groups in total. The summed E-state index contributed by atoms with van der Waals surface area (Å²) in [5.41, 5.74) is 0. The highest BCUT2D eigenvalue weighted by Crippen LogP contribution is 2.39. The summed E-state index contributed by atoms with van der Waals surface area (Å²) in [6, 6.07) is 0. The van der Waals surface area contributed by atoms with Gasteiger partial charge in [-0.2, -0.15) is 0 Å². The zero-order chi connectivity index (χ0) is 16.2. The van der Waals surface area contributed by atoms with Crippen molar-refractivity contribution < 1.29 is 58.6 Å². The molecular weight excluding hydrogens is 300 g/mol. The van der Waals surface area contributed by atoms with Crippen molar-refractivity contribution in [1.82, 2.24) is 0 Å². The standard InChI is InChI=1S/C9H10O12/c10-5(11)18-3-1-4(19-6(12)13)9(2-3,20-7(14)15)21-8(16)17/h3-4H,1-2H2,(H,10,11)(H,12,13)(H,14,15)(H,16,17). The van der Waals surface area contributed by atoms with Crippen LogP contribution in [0.1, 0.15) is 12.8 Å². The van der Waals surface area contributed by atoms with Gasteiger partial charge in [-0.3, -0.25) is 0 Å². The minimum absolute atomic E-state index is 0.473. The Morgan fingerprint density at radius 3 is 1.67 bits per heavy atom. The molecule has 12 nitrogen and oxygen atoms in total. The van der Waals surface area contributed by atoms with E-state index in [9.17, 15) is 19.2 Å². The fraction of sp³-hybridized carbons (Fsp3) is 0.556. The molecule has 0 bridgehead atoms. The lowest BCUT2D eigenvalue weighted by molar-refractivity contribution is -0.225. The topological polar surface area (TPSA) is 186 Å². The SMILES string of the molecule is O=C(O)OC1CC(OC(=O)O)C(OC(=O)O)(OC(=O)O)C1. The number of ether oxygens (including phenoxy) is 4. The van der Waals surface area contributed by atoms with Crippen molar-refractivity contribution in [1.29, 1.82) is 0 Å². The molecule has 0 radical (unpaired) electrons. The quantitative estimate of drug-likeness (QED) is 0.328. The van der Waals surface area contributed by atoms with Crippen LogP contribution in [0.3, 0.4) is 0 Å². The molecule has 0 aromatic carbocycles. The zero-order valence-corrected chi connectivity index (χ0v) is 10.1. The summed E-state index contributed by atoms with van der Waals surface area (Å²) < 4.78 is 17.2. The van der Waals surface area contributed by atoms with Gasteiger partial charge in [0.25, 0.3) is 0 Å². The van der Waals surface area contributed by atoms with Crippen molar-refractivity contribution in [2.24, 2.45) is 0 Å². The lowest BCUT2D eigenvalue weighted by Gasteiger charge is -2.30. The van der Waals surface area contributed by atoms with Crippen molar-refractivity contribution in [3.63, 3.8) is 0 Å². The summed E-state index contributed by atoms with van der Waals surface area (Å²) in [7, 11) is 0.